The highest BCUT2D eigenvalue weighted by Crippen LogP contribution is 2.34. The molecule has 1 aliphatic rings. The highest BCUT2D eigenvalue weighted by molar-refractivity contribution is 6.31. The summed E-state index contributed by atoms with van der Waals surface area (Å²) in [7, 11) is 0. The van der Waals surface area contributed by atoms with Crippen molar-refractivity contribution in [2.45, 2.75) is 12.8 Å². The lowest BCUT2D eigenvalue weighted by molar-refractivity contribution is 0.725. The van der Waals surface area contributed by atoms with Gasteiger partial charge in [0.05, 0.1) is 11.4 Å². The van der Waals surface area contributed by atoms with Crippen molar-refractivity contribution in [3.8, 4) is 17.2 Å². The molecule has 0 aliphatic carbocycles. The van der Waals surface area contributed by atoms with E-state index in [4.69, 9.17) is 11.6 Å². The normalized spacial score (nSPS) is 16.4. The second-order valence-electron chi connectivity index (χ2n) is 5.38. The first kappa shape index (κ1) is 13.3. The number of pyridine rings is 1. The monoisotopic (exact) mass is 311 g/mol. The average Bonchev–Trinajstić information content (AvgIpc) is 2.93. The Morgan fingerprint density at radius 2 is 2.14 bits per heavy atom. The lowest BCUT2D eigenvalue weighted by atomic mass is 10.1. The minimum absolute atomic E-state index is 0.233. The number of benzene rings is 1. The molecule has 0 amide bonds. The van der Waals surface area contributed by atoms with E-state index in [1.54, 1.807) is 6.20 Å². The maximum Gasteiger partial charge on any atom is 0.187 e. The summed E-state index contributed by atoms with van der Waals surface area (Å²) in [5, 5.41) is 12.9. The highest BCUT2D eigenvalue weighted by atomic mass is 35.5. The van der Waals surface area contributed by atoms with Crippen LogP contribution in [-0.2, 0) is 0 Å². The van der Waals surface area contributed by atoms with Crippen LogP contribution in [0.1, 0.15) is 18.7 Å². The molecular weight excluding hydrogens is 298 g/mol. The zero-order valence-corrected chi connectivity index (χ0v) is 12.7. The molecule has 5 nitrogen and oxygen atoms in total. The summed E-state index contributed by atoms with van der Waals surface area (Å²) < 4.78 is 2.07. The molecular formula is C16H14ClN5. The summed E-state index contributed by atoms with van der Waals surface area (Å²) >= 11 is 6.13. The van der Waals surface area contributed by atoms with Crippen molar-refractivity contribution in [2.24, 2.45) is 0 Å². The van der Waals surface area contributed by atoms with Gasteiger partial charge in [-0.1, -0.05) is 24.6 Å². The van der Waals surface area contributed by atoms with Crippen LogP contribution in [-0.4, -0.2) is 26.3 Å². The van der Waals surface area contributed by atoms with Gasteiger partial charge in [0.2, 0.25) is 0 Å². The molecule has 3 heterocycles. The summed E-state index contributed by atoms with van der Waals surface area (Å²) in [5.41, 5.74) is 2.78. The van der Waals surface area contributed by atoms with E-state index < -0.39 is 0 Å². The number of rotatable bonds is 1. The van der Waals surface area contributed by atoms with Gasteiger partial charge in [-0.3, -0.25) is 9.55 Å². The molecule has 0 bridgehead atoms. The third kappa shape index (κ3) is 2.05. The molecule has 4 rings (SSSR count). The number of fused-ring (bicyclic) bond motifs is 3. The van der Waals surface area contributed by atoms with Crippen molar-refractivity contribution >= 4 is 17.3 Å². The Bertz CT molecular complexity index is 828. The number of anilines is 1. The molecule has 110 valence electrons. The van der Waals surface area contributed by atoms with E-state index >= 15 is 0 Å². The van der Waals surface area contributed by atoms with E-state index in [-0.39, 0.29) is 5.92 Å². The van der Waals surface area contributed by atoms with Crippen molar-refractivity contribution in [3.05, 3.63) is 53.4 Å². The molecule has 1 atom stereocenters. The summed E-state index contributed by atoms with van der Waals surface area (Å²) in [5.74, 6) is 1.90. The Morgan fingerprint density at radius 1 is 1.23 bits per heavy atom. The van der Waals surface area contributed by atoms with Crippen molar-refractivity contribution in [3.63, 3.8) is 0 Å². The Kier molecular flexibility index (Phi) is 3.08. The van der Waals surface area contributed by atoms with Crippen molar-refractivity contribution in [2.75, 3.05) is 11.9 Å². The van der Waals surface area contributed by atoms with Crippen molar-refractivity contribution in [1.82, 2.24) is 19.7 Å². The van der Waals surface area contributed by atoms with Gasteiger partial charge in [0.25, 0.3) is 0 Å². The van der Waals surface area contributed by atoms with Crippen LogP contribution in [0.4, 0.5) is 5.69 Å². The van der Waals surface area contributed by atoms with E-state index in [9.17, 15) is 0 Å². The smallest absolute Gasteiger partial charge is 0.187 e. The Morgan fingerprint density at radius 3 is 2.95 bits per heavy atom. The number of hydrogen-bond donors (Lipinski definition) is 1. The van der Waals surface area contributed by atoms with Crippen LogP contribution in [0.15, 0.2) is 42.6 Å². The molecule has 0 fully saturated rings. The first-order valence-corrected chi connectivity index (χ1v) is 7.52. The molecule has 3 aromatic rings. The van der Waals surface area contributed by atoms with E-state index in [2.05, 4.69) is 32.0 Å². The van der Waals surface area contributed by atoms with Gasteiger partial charge in [-0.2, -0.15) is 0 Å². The van der Waals surface area contributed by atoms with Crippen LogP contribution in [0, 0.1) is 0 Å². The third-order valence-electron chi connectivity index (χ3n) is 3.82. The largest absolute Gasteiger partial charge is 0.383 e. The van der Waals surface area contributed by atoms with Gasteiger partial charge in [-0.05, 0) is 30.3 Å². The quantitative estimate of drug-likeness (QED) is 0.747. The maximum absolute atomic E-state index is 6.13. The molecule has 2 aromatic heterocycles. The molecule has 0 unspecified atom stereocenters. The predicted molar refractivity (Wildman–Crippen MR) is 86.5 cm³/mol. The zero-order chi connectivity index (χ0) is 15.1. The van der Waals surface area contributed by atoms with Gasteiger partial charge in [-0.25, -0.2) is 0 Å². The Hall–Kier alpha value is -2.40. The number of halogens is 1. The summed E-state index contributed by atoms with van der Waals surface area (Å²) in [4.78, 5) is 4.41. The lowest BCUT2D eigenvalue weighted by Crippen LogP contribution is -2.09. The first-order valence-electron chi connectivity index (χ1n) is 7.14. The second kappa shape index (κ2) is 5.10. The number of nitrogens with one attached hydrogen (secondary N) is 1. The van der Waals surface area contributed by atoms with Crippen LogP contribution < -0.4 is 5.32 Å². The fourth-order valence-corrected chi connectivity index (χ4v) is 2.89. The summed E-state index contributed by atoms with van der Waals surface area (Å²) in [6, 6.07) is 11.6. The molecule has 1 aromatic carbocycles. The number of aromatic nitrogens is 4. The van der Waals surface area contributed by atoms with Crippen LogP contribution in [0.2, 0.25) is 5.02 Å². The van der Waals surface area contributed by atoms with Crippen LogP contribution in [0.3, 0.4) is 0 Å². The number of nitrogens with zero attached hydrogens (tertiary/aromatic N) is 4. The summed E-state index contributed by atoms with van der Waals surface area (Å²) in [6.07, 6.45) is 1.76. The zero-order valence-electron chi connectivity index (χ0n) is 12.0. The van der Waals surface area contributed by atoms with Gasteiger partial charge in [0, 0.05) is 23.7 Å². The minimum Gasteiger partial charge on any atom is -0.383 e. The van der Waals surface area contributed by atoms with Gasteiger partial charge < -0.3 is 5.32 Å². The molecule has 1 aliphatic heterocycles. The van der Waals surface area contributed by atoms with E-state index in [0.29, 0.717) is 5.02 Å². The molecule has 22 heavy (non-hydrogen) atoms. The van der Waals surface area contributed by atoms with Gasteiger partial charge in [-0.15, -0.1) is 10.2 Å². The predicted octanol–water partition coefficient (Wildman–Crippen LogP) is 3.51. The molecule has 0 spiro atoms. The SMILES string of the molecule is C[C@@H]1CNc2cc(Cl)ccc2-n2c(-c3ccccn3)nnc21. The lowest BCUT2D eigenvalue weighted by Gasteiger charge is -2.12. The van der Waals surface area contributed by atoms with Gasteiger partial charge in [0.15, 0.2) is 5.82 Å². The van der Waals surface area contributed by atoms with Crippen LogP contribution >= 0.6 is 11.6 Å². The van der Waals surface area contributed by atoms with Crippen molar-refractivity contribution in [1.29, 1.82) is 0 Å². The molecule has 0 radical (unpaired) electrons. The van der Waals surface area contributed by atoms with E-state index in [0.717, 1.165) is 35.3 Å². The Balaban J connectivity index is 2.00. The Labute approximate surface area is 133 Å². The average molecular weight is 312 g/mol. The van der Waals surface area contributed by atoms with Gasteiger partial charge in [0.1, 0.15) is 11.5 Å². The molecule has 0 saturated heterocycles. The molecule has 6 heteroatoms. The van der Waals surface area contributed by atoms with Crippen LogP contribution in [0.5, 0.6) is 0 Å². The molecule has 0 saturated carbocycles. The minimum atomic E-state index is 0.233. The maximum atomic E-state index is 6.13. The number of hydrogen-bond acceptors (Lipinski definition) is 4. The van der Waals surface area contributed by atoms with E-state index in [1.807, 2.05) is 36.4 Å². The van der Waals surface area contributed by atoms with Crippen LogP contribution in [0.25, 0.3) is 17.2 Å². The van der Waals surface area contributed by atoms with Crippen molar-refractivity contribution < 1.29 is 0 Å². The third-order valence-corrected chi connectivity index (χ3v) is 4.06. The topological polar surface area (TPSA) is 55.6 Å². The van der Waals surface area contributed by atoms with E-state index in [1.165, 1.54) is 0 Å². The standard InChI is InChI=1S/C16H14ClN5/c1-10-9-19-13-8-11(17)5-6-14(13)22-15(10)20-21-16(22)12-4-2-3-7-18-12/h2-8,10,19H,9H2,1H3/t10-/m1/s1. The summed E-state index contributed by atoms with van der Waals surface area (Å²) in [6.45, 7) is 2.91. The van der Waals surface area contributed by atoms with Gasteiger partial charge >= 0.3 is 0 Å². The fourth-order valence-electron chi connectivity index (χ4n) is 2.71. The fraction of sp³-hybridized carbons (Fsp3) is 0.188. The first-order chi connectivity index (χ1) is 10.7. The second-order valence-corrected chi connectivity index (χ2v) is 5.81. The molecule has 1 N–H and O–H groups in total. The highest BCUT2D eigenvalue weighted by Gasteiger charge is 2.25.